The van der Waals surface area contributed by atoms with Crippen molar-refractivity contribution in [2.45, 2.75) is 13.0 Å². The number of nitrogens with one attached hydrogen (secondary N) is 1. The van der Waals surface area contributed by atoms with Crippen molar-refractivity contribution in [3.8, 4) is 5.75 Å². The standard InChI is InChI=1S/C11H14FNO3.ClH/c1-3-16-11(13)10(14)8-6-7(12)4-5-9(8)15-2;/h4-6,10,13-14H,3H2,1-2H3;1H. The molecule has 1 unspecified atom stereocenters. The van der Waals surface area contributed by atoms with Crippen LogP contribution in [-0.2, 0) is 4.74 Å². The molecule has 0 heterocycles. The highest BCUT2D eigenvalue weighted by Crippen LogP contribution is 2.26. The fourth-order valence-electron chi connectivity index (χ4n) is 1.29. The van der Waals surface area contributed by atoms with Gasteiger partial charge in [-0.2, -0.15) is 0 Å². The number of aliphatic hydroxyl groups is 1. The van der Waals surface area contributed by atoms with Crippen LogP contribution in [0.4, 0.5) is 4.39 Å². The summed E-state index contributed by atoms with van der Waals surface area (Å²) >= 11 is 0. The van der Waals surface area contributed by atoms with Crippen LogP contribution in [0, 0.1) is 11.2 Å². The van der Waals surface area contributed by atoms with Gasteiger partial charge >= 0.3 is 0 Å². The Morgan fingerprint density at radius 1 is 1.53 bits per heavy atom. The molecule has 0 aliphatic rings. The summed E-state index contributed by atoms with van der Waals surface area (Å²) in [5, 5.41) is 17.2. The summed E-state index contributed by atoms with van der Waals surface area (Å²) in [6, 6.07) is 3.74. The van der Waals surface area contributed by atoms with Gasteiger partial charge in [0.2, 0.25) is 5.90 Å². The summed E-state index contributed by atoms with van der Waals surface area (Å²) in [7, 11) is 1.41. The van der Waals surface area contributed by atoms with E-state index in [4.69, 9.17) is 14.9 Å². The van der Waals surface area contributed by atoms with Crippen LogP contribution < -0.4 is 4.74 Å². The Morgan fingerprint density at radius 2 is 2.18 bits per heavy atom. The minimum atomic E-state index is -1.31. The van der Waals surface area contributed by atoms with Crippen molar-refractivity contribution in [1.29, 1.82) is 5.41 Å². The zero-order chi connectivity index (χ0) is 12.1. The molecule has 0 spiro atoms. The number of hydrogen-bond donors (Lipinski definition) is 2. The van der Waals surface area contributed by atoms with E-state index in [1.165, 1.54) is 19.2 Å². The monoisotopic (exact) mass is 263 g/mol. The molecule has 0 saturated heterocycles. The van der Waals surface area contributed by atoms with Gasteiger partial charge in [0.25, 0.3) is 0 Å². The van der Waals surface area contributed by atoms with Gasteiger partial charge in [-0.15, -0.1) is 12.4 Å². The molecule has 0 aliphatic carbocycles. The van der Waals surface area contributed by atoms with Gasteiger partial charge in [0.05, 0.1) is 13.7 Å². The first-order valence-corrected chi connectivity index (χ1v) is 4.82. The Balaban J connectivity index is 0.00000256. The Labute approximate surface area is 105 Å². The summed E-state index contributed by atoms with van der Waals surface area (Å²) in [5.74, 6) is -0.510. The maximum absolute atomic E-state index is 13.0. The van der Waals surface area contributed by atoms with Crippen molar-refractivity contribution in [3.63, 3.8) is 0 Å². The van der Waals surface area contributed by atoms with Crippen molar-refractivity contribution in [3.05, 3.63) is 29.6 Å². The maximum atomic E-state index is 13.0. The molecule has 0 aliphatic heterocycles. The van der Waals surface area contributed by atoms with E-state index in [9.17, 15) is 9.50 Å². The molecule has 2 N–H and O–H groups in total. The largest absolute Gasteiger partial charge is 0.496 e. The first kappa shape index (κ1) is 15.7. The third-order valence-corrected chi connectivity index (χ3v) is 2.03. The first-order chi connectivity index (χ1) is 7.60. The molecule has 1 atom stereocenters. The molecule has 0 amide bonds. The molecule has 0 radical (unpaired) electrons. The lowest BCUT2D eigenvalue weighted by Crippen LogP contribution is -2.15. The number of hydrogen-bond acceptors (Lipinski definition) is 4. The number of halogens is 2. The molecule has 0 saturated carbocycles. The minimum absolute atomic E-state index is 0. The highest BCUT2D eigenvalue weighted by atomic mass is 35.5. The molecule has 1 aromatic rings. The Kier molecular flexibility index (Phi) is 6.53. The second-order valence-corrected chi connectivity index (χ2v) is 3.09. The van der Waals surface area contributed by atoms with E-state index in [0.717, 1.165) is 6.07 Å². The van der Waals surface area contributed by atoms with Gasteiger partial charge in [-0.3, -0.25) is 5.41 Å². The van der Waals surface area contributed by atoms with Gasteiger partial charge in [-0.1, -0.05) is 0 Å². The van der Waals surface area contributed by atoms with Crippen molar-refractivity contribution in [2.24, 2.45) is 0 Å². The van der Waals surface area contributed by atoms with E-state index in [1.807, 2.05) is 0 Å². The van der Waals surface area contributed by atoms with Crippen molar-refractivity contribution in [2.75, 3.05) is 13.7 Å². The number of methoxy groups -OCH3 is 1. The average molecular weight is 264 g/mol. The molecular weight excluding hydrogens is 249 g/mol. The van der Waals surface area contributed by atoms with Crippen molar-refractivity contribution >= 4 is 18.3 Å². The van der Waals surface area contributed by atoms with Crippen LogP contribution in [0.3, 0.4) is 0 Å². The average Bonchev–Trinajstić information content (AvgIpc) is 2.28. The van der Waals surface area contributed by atoms with Crippen molar-refractivity contribution in [1.82, 2.24) is 0 Å². The molecule has 96 valence electrons. The van der Waals surface area contributed by atoms with E-state index in [0.29, 0.717) is 5.75 Å². The van der Waals surface area contributed by atoms with Crippen LogP contribution in [0.2, 0.25) is 0 Å². The normalized spacial score (nSPS) is 11.3. The van der Waals surface area contributed by atoms with Gasteiger partial charge < -0.3 is 14.6 Å². The zero-order valence-corrected chi connectivity index (χ0v) is 10.4. The first-order valence-electron chi connectivity index (χ1n) is 4.82. The van der Waals surface area contributed by atoms with Gasteiger partial charge in [-0.05, 0) is 25.1 Å². The maximum Gasteiger partial charge on any atom is 0.215 e. The van der Waals surface area contributed by atoms with Crippen LogP contribution in [0.5, 0.6) is 5.75 Å². The topological polar surface area (TPSA) is 62.5 Å². The van der Waals surface area contributed by atoms with E-state index in [-0.39, 0.29) is 30.5 Å². The Morgan fingerprint density at radius 3 is 2.71 bits per heavy atom. The van der Waals surface area contributed by atoms with Crippen LogP contribution in [0.1, 0.15) is 18.6 Å². The van der Waals surface area contributed by atoms with Crippen LogP contribution in [-0.4, -0.2) is 24.7 Å². The predicted molar refractivity (Wildman–Crippen MR) is 64.5 cm³/mol. The fourth-order valence-corrected chi connectivity index (χ4v) is 1.29. The summed E-state index contributed by atoms with van der Waals surface area (Å²) in [6.07, 6.45) is -1.31. The third-order valence-electron chi connectivity index (χ3n) is 2.03. The second-order valence-electron chi connectivity index (χ2n) is 3.09. The lowest BCUT2D eigenvalue weighted by molar-refractivity contribution is 0.186. The highest BCUT2D eigenvalue weighted by Gasteiger charge is 2.19. The minimum Gasteiger partial charge on any atom is -0.496 e. The smallest absolute Gasteiger partial charge is 0.215 e. The molecule has 4 nitrogen and oxygen atoms in total. The van der Waals surface area contributed by atoms with Gasteiger partial charge in [-0.25, -0.2) is 4.39 Å². The van der Waals surface area contributed by atoms with Crippen LogP contribution in [0.25, 0.3) is 0 Å². The molecule has 0 fully saturated rings. The SMILES string of the molecule is CCOC(=N)C(O)c1cc(F)ccc1OC.Cl. The number of rotatable bonds is 4. The van der Waals surface area contributed by atoms with E-state index < -0.39 is 11.9 Å². The quantitative estimate of drug-likeness (QED) is 0.647. The summed E-state index contributed by atoms with van der Waals surface area (Å²) < 4.78 is 22.8. The van der Waals surface area contributed by atoms with E-state index >= 15 is 0 Å². The van der Waals surface area contributed by atoms with Gasteiger partial charge in [0, 0.05) is 5.56 Å². The molecule has 1 rings (SSSR count). The number of benzene rings is 1. The predicted octanol–water partition coefficient (Wildman–Crippen LogP) is 2.30. The summed E-state index contributed by atoms with van der Waals surface area (Å²) in [5.41, 5.74) is 0.181. The van der Waals surface area contributed by atoms with E-state index in [1.54, 1.807) is 6.92 Å². The molecule has 0 aromatic heterocycles. The highest BCUT2D eigenvalue weighted by molar-refractivity contribution is 5.85. The Hall–Kier alpha value is -1.33. The molecular formula is C11H15ClFNO3. The summed E-state index contributed by atoms with van der Waals surface area (Å²) in [4.78, 5) is 0. The lowest BCUT2D eigenvalue weighted by atomic mass is 10.1. The molecule has 1 aromatic carbocycles. The van der Waals surface area contributed by atoms with Crippen LogP contribution >= 0.6 is 12.4 Å². The molecule has 6 heteroatoms. The number of aliphatic hydroxyl groups excluding tert-OH is 1. The second kappa shape index (κ2) is 7.09. The molecule has 17 heavy (non-hydrogen) atoms. The fraction of sp³-hybridized carbons (Fsp3) is 0.364. The molecule has 0 bridgehead atoms. The van der Waals surface area contributed by atoms with E-state index in [2.05, 4.69) is 0 Å². The van der Waals surface area contributed by atoms with Gasteiger partial charge in [0.15, 0.2) is 6.10 Å². The third kappa shape index (κ3) is 3.87. The number of ether oxygens (including phenoxy) is 2. The summed E-state index contributed by atoms with van der Waals surface area (Å²) in [6.45, 7) is 1.97. The Bertz CT molecular complexity index is 387. The zero-order valence-electron chi connectivity index (χ0n) is 9.57. The lowest BCUT2D eigenvalue weighted by Gasteiger charge is -2.15. The van der Waals surface area contributed by atoms with Crippen molar-refractivity contribution < 1.29 is 19.0 Å². The van der Waals surface area contributed by atoms with Crippen LogP contribution in [0.15, 0.2) is 18.2 Å². The van der Waals surface area contributed by atoms with Gasteiger partial charge in [0.1, 0.15) is 11.6 Å².